The van der Waals surface area contributed by atoms with Crippen molar-refractivity contribution in [1.82, 2.24) is 10.1 Å². The Hall–Kier alpha value is -3.72. The number of ether oxygens (including phenoxy) is 2. The van der Waals surface area contributed by atoms with Gasteiger partial charge in [-0.1, -0.05) is 17.3 Å². The van der Waals surface area contributed by atoms with Gasteiger partial charge in [0.1, 0.15) is 18.2 Å². The van der Waals surface area contributed by atoms with Gasteiger partial charge in [-0.25, -0.2) is 9.37 Å². The summed E-state index contributed by atoms with van der Waals surface area (Å²) in [5.41, 5.74) is 3.24. The Morgan fingerprint density at radius 3 is 2.75 bits per heavy atom. The number of aromatic nitrogens is 2. The molecule has 0 aliphatic rings. The van der Waals surface area contributed by atoms with Gasteiger partial charge in [-0.2, -0.15) is 0 Å². The summed E-state index contributed by atoms with van der Waals surface area (Å²) in [4.78, 5) is 17.1. The number of hydrogen-bond donors (Lipinski definition) is 1. The molecule has 0 aliphatic heterocycles. The van der Waals surface area contributed by atoms with E-state index in [-0.39, 0.29) is 18.3 Å². The van der Waals surface area contributed by atoms with E-state index in [1.165, 1.54) is 30.6 Å². The number of nitrogens with one attached hydrogen (secondary N) is 1. The molecule has 0 spiro atoms. The Balaban J connectivity index is 1.46. The van der Waals surface area contributed by atoms with Gasteiger partial charge >= 0.3 is 0 Å². The van der Waals surface area contributed by atoms with E-state index in [1.807, 2.05) is 13.8 Å². The van der Waals surface area contributed by atoms with E-state index in [0.717, 1.165) is 11.3 Å². The largest absolute Gasteiger partial charge is 0.493 e. The van der Waals surface area contributed by atoms with E-state index in [2.05, 4.69) is 15.5 Å². The van der Waals surface area contributed by atoms with Gasteiger partial charge in [-0.15, -0.1) is 11.3 Å². The monoisotopic (exact) mass is 453 g/mol. The molecular weight excluding hydrogens is 433 g/mol. The number of amides is 1. The van der Waals surface area contributed by atoms with Crippen molar-refractivity contribution in [2.75, 3.05) is 12.4 Å². The van der Waals surface area contributed by atoms with Gasteiger partial charge in [-0.3, -0.25) is 10.1 Å². The number of carbonyl (C=O) groups is 1. The van der Waals surface area contributed by atoms with E-state index in [9.17, 15) is 9.18 Å². The van der Waals surface area contributed by atoms with Crippen LogP contribution >= 0.6 is 11.3 Å². The van der Waals surface area contributed by atoms with E-state index in [4.69, 9.17) is 14.0 Å². The number of nitrogens with zero attached hydrogens (tertiary/aromatic N) is 2. The van der Waals surface area contributed by atoms with E-state index in [1.54, 1.807) is 35.7 Å². The summed E-state index contributed by atoms with van der Waals surface area (Å²) in [5, 5.41) is 8.84. The fourth-order valence-electron chi connectivity index (χ4n) is 3.07. The number of aryl methyl sites for hydroxylation is 2. The molecule has 2 aromatic heterocycles. The number of carbonyl (C=O) groups excluding carboxylic acids is 1. The van der Waals surface area contributed by atoms with Crippen LogP contribution in [-0.2, 0) is 6.61 Å². The molecule has 0 bridgehead atoms. The Bertz CT molecular complexity index is 1250. The lowest BCUT2D eigenvalue weighted by Gasteiger charge is -2.12. The molecule has 4 rings (SSSR count). The zero-order chi connectivity index (χ0) is 22.7. The first-order valence-corrected chi connectivity index (χ1v) is 10.6. The average Bonchev–Trinajstić information content (AvgIpc) is 3.38. The number of hydrogen-bond acceptors (Lipinski definition) is 7. The predicted molar refractivity (Wildman–Crippen MR) is 119 cm³/mol. The Labute approximate surface area is 187 Å². The zero-order valence-corrected chi connectivity index (χ0v) is 18.5. The second kappa shape index (κ2) is 9.19. The summed E-state index contributed by atoms with van der Waals surface area (Å²) in [5.74, 6) is 0.916. The van der Waals surface area contributed by atoms with Crippen molar-refractivity contribution in [3.63, 3.8) is 0 Å². The fraction of sp³-hybridized carbons (Fsp3) is 0.174. The molecule has 0 aliphatic carbocycles. The molecule has 0 radical (unpaired) electrons. The number of halogens is 1. The van der Waals surface area contributed by atoms with E-state index >= 15 is 0 Å². The highest BCUT2D eigenvalue weighted by Crippen LogP contribution is 2.30. The maximum atomic E-state index is 13.4. The molecule has 0 atom stereocenters. The lowest BCUT2D eigenvalue weighted by Crippen LogP contribution is -2.12. The average molecular weight is 453 g/mol. The molecular formula is C23H20FN3O4S. The predicted octanol–water partition coefficient (Wildman–Crippen LogP) is 5.39. The highest BCUT2D eigenvalue weighted by molar-refractivity contribution is 7.14. The molecule has 0 saturated carbocycles. The van der Waals surface area contributed by atoms with Crippen molar-refractivity contribution in [2.45, 2.75) is 20.5 Å². The van der Waals surface area contributed by atoms with E-state index in [0.29, 0.717) is 39.2 Å². The van der Waals surface area contributed by atoms with Gasteiger partial charge in [0, 0.05) is 16.5 Å². The Morgan fingerprint density at radius 2 is 2.03 bits per heavy atom. The third-order valence-electron chi connectivity index (χ3n) is 4.82. The van der Waals surface area contributed by atoms with Crippen LogP contribution in [0.2, 0.25) is 0 Å². The first-order valence-electron chi connectivity index (χ1n) is 9.70. The van der Waals surface area contributed by atoms with Gasteiger partial charge in [-0.05, 0) is 44.2 Å². The highest BCUT2D eigenvalue weighted by atomic mass is 32.1. The molecule has 9 heteroatoms. The van der Waals surface area contributed by atoms with Crippen molar-refractivity contribution in [2.24, 2.45) is 0 Å². The van der Waals surface area contributed by atoms with Gasteiger partial charge < -0.3 is 14.0 Å². The topological polar surface area (TPSA) is 86.5 Å². The van der Waals surface area contributed by atoms with Crippen LogP contribution in [0.4, 0.5) is 9.52 Å². The van der Waals surface area contributed by atoms with Gasteiger partial charge in [0.2, 0.25) is 0 Å². The minimum Gasteiger partial charge on any atom is -0.493 e. The minimum atomic E-state index is -0.347. The smallest absolute Gasteiger partial charge is 0.257 e. The second-order valence-electron chi connectivity index (χ2n) is 6.96. The third kappa shape index (κ3) is 4.62. The SMILES string of the molecule is COc1cc(C(=O)Nc2nc(-c3cccc(F)c3)cs2)ccc1OCc1c(C)noc1C. The Morgan fingerprint density at radius 1 is 1.19 bits per heavy atom. The number of benzene rings is 2. The third-order valence-corrected chi connectivity index (χ3v) is 5.58. The highest BCUT2D eigenvalue weighted by Gasteiger charge is 2.15. The molecule has 32 heavy (non-hydrogen) atoms. The standard InChI is InChI=1S/C23H20FN3O4S/c1-13-18(14(2)31-27-13)11-30-20-8-7-16(10-21(20)29-3)22(28)26-23-25-19(12-32-23)15-5-4-6-17(24)9-15/h4-10,12H,11H2,1-3H3,(H,25,26,28). The fourth-order valence-corrected chi connectivity index (χ4v) is 3.78. The van der Waals surface area contributed by atoms with Gasteiger partial charge in [0.05, 0.1) is 24.1 Å². The minimum absolute atomic E-state index is 0.269. The van der Waals surface area contributed by atoms with Crippen LogP contribution in [0.15, 0.2) is 52.4 Å². The maximum Gasteiger partial charge on any atom is 0.257 e. The summed E-state index contributed by atoms with van der Waals surface area (Å²) in [6.07, 6.45) is 0. The number of methoxy groups -OCH3 is 1. The maximum absolute atomic E-state index is 13.4. The molecule has 1 N–H and O–H groups in total. The molecule has 2 heterocycles. The summed E-state index contributed by atoms with van der Waals surface area (Å²) in [6.45, 7) is 3.94. The van der Waals surface area contributed by atoms with Crippen molar-refractivity contribution in [3.8, 4) is 22.8 Å². The number of rotatable bonds is 7. The lowest BCUT2D eigenvalue weighted by molar-refractivity contribution is 0.102. The zero-order valence-electron chi connectivity index (χ0n) is 17.6. The van der Waals surface area contributed by atoms with Crippen LogP contribution in [0, 0.1) is 19.7 Å². The first kappa shape index (κ1) is 21.5. The summed E-state index contributed by atoms with van der Waals surface area (Å²) in [6, 6.07) is 11.0. The van der Waals surface area contributed by atoms with Crippen molar-refractivity contribution in [1.29, 1.82) is 0 Å². The first-order chi connectivity index (χ1) is 15.4. The van der Waals surface area contributed by atoms with Crippen LogP contribution in [0.25, 0.3) is 11.3 Å². The van der Waals surface area contributed by atoms with Crippen LogP contribution < -0.4 is 14.8 Å². The van der Waals surface area contributed by atoms with Crippen LogP contribution in [0.3, 0.4) is 0 Å². The van der Waals surface area contributed by atoms with E-state index < -0.39 is 0 Å². The second-order valence-corrected chi connectivity index (χ2v) is 7.82. The molecule has 1 amide bonds. The summed E-state index contributed by atoms with van der Waals surface area (Å²) < 4.78 is 29.8. The molecule has 0 unspecified atom stereocenters. The quantitative estimate of drug-likeness (QED) is 0.404. The lowest BCUT2D eigenvalue weighted by atomic mass is 10.2. The number of anilines is 1. The number of thiazole rings is 1. The van der Waals surface area contributed by atoms with Crippen molar-refractivity contribution < 1.29 is 23.2 Å². The summed E-state index contributed by atoms with van der Waals surface area (Å²) in [7, 11) is 1.51. The molecule has 7 nitrogen and oxygen atoms in total. The van der Waals surface area contributed by atoms with Crippen molar-refractivity contribution >= 4 is 22.4 Å². The van der Waals surface area contributed by atoms with Gasteiger partial charge in [0.25, 0.3) is 5.91 Å². The molecule has 2 aromatic carbocycles. The van der Waals surface area contributed by atoms with Crippen LogP contribution in [-0.4, -0.2) is 23.2 Å². The molecule has 164 valence electrons. The summed E-state index contributed by atoms with van der Waals surface area (Å²) >= 11 is 1.26. The van der Waals surface area contributed by atoms with Gasteiger partial charge in [0.15, 0.2) is 16.6 Å². The molecule has 4 aromatic rings. The van der Waals surface area contributed by atoms with Crippen LogP contribution in [0.1, 0.15) is 27.4 Å². The van der Waals surface area contributed by atoms with Crippen molar-refractivity contribution in [3.05, 3.63) is 76.2 Å². The molecule has 0 fully saturated rings. The Kier molecular flexibility index (Phi) is 6.18. The van der Waals surface area contributed by atoms with Crippen LogP contribution in [0.5, 0.6) is 11.5 Å². The normalized spacial score (nSPS) is 10.8. The molecule has 0 saturated heterocycles.